The highest BCUT2D eigenvalue weighted by Crippen LogP contribution is 2.17. The highest BCUT2D eigenvalue weighted by Gasteiger charge is 2.03. The topological polar surface area (TPSA) is 23.8 Å². The van der Waals surface area contributed by atoms with Gasteiger partial charge in [0.25, 0.3) is 0 Å². The first kappa shape index (κ1) is 8.09. The fourth-order valence-corrected chi connectivity index (χ4v) is 0.941. The molecule has 56 valence electrons. The molecule has 3 heteroatoms. The van der Waals surface area contributed by atoms with E-state index in [0.29, 0.717) is 4.90 Å². The molecule has 1 aromatic rings. The minimum atomic E-state index is -0.484. The highest BCUT2D eigenvalue weighted by atomic mass is 32.1. The fraction of sp³-hybridized carbons (Fsp3) is 0.125. The predicted octanol–water partition coefficient (Wildman–Crippen LogP) is 2.29. The number of rotatable bonds is 0. The normalized spacial score (nSPS) is 9.27. The summed E-state index contributed by atoms with van der Waals surface area (Å²) in [6.45, 7) is 1.74. The summed E-state index contributed by atoms with van der Waals surface area (Å²) in [5.41, 5.74) is 0.783. The lowest BCUT2D eigenvalue weighted by Gasteiger charge is -1.98. The fourth-order valence-electron chi connectivity index (χ4n) is 0.747. The van der Waals surface area contributed by atoms with Crippen molar-refractivity contribution in [3.05, 3.63) is 29.1 Å². The maximum atomic E-state index is 12.8. The van der Waals surface area contributed by atoms with Crippen LogP contribution in [0.1, 0.15) is 11.1 Å². The summed E-state index contributed by atoms with van der Waals surface area (Å²) in [6, 6.07) is 4.47. The van der Waals surface area contributed by atoms with Crippen molar-refractivity contribution in [2.75, 3.05) is 0 Å². The van der Waals surface area contributed by atoms with Crippen LogP contribution in [0.2, 0.25) is 0 Å². The van der Waals surface area contributed by atoms with Crippen molar-refractivity contribution in [1.29, 1.82) is 5.26 Å². The molecule has 0 amide bonds. The van der Waals surface area contributed by atoms with E-state index in [-0.39, 0.29) is 5.56 Å². The smallest absolute Gasteiger partial charge is 0.141 e. The second kappa shape index (κ2) is 2.93. The van der Waals surface area contributed by atoms with Gasteiger partial charge in [0.1, 0.15) is 11.9 Å². The molecule has 0 aliphatic carbocycles. The molecule has 0 aliphatic rings. The van der Waals surface area contributed by atoms with Crippen LogP contribution in [0.15, 0.2) is 17.0 Å². The monoisotopic (exact) mass is 167 g/mol. The molecule has 0 saturated carbocycles. The van der Waals surface area contributed by atoms with Crippen LogP contribution in [-0.2, 0) is 0 Å². The molecule has 0 bridgehead atoms. The third kappa shape index (κ3) is 1.52. The lowest BCUT2D eigenvalue weighted by molar-refractivity contribution is 0.621. The van der Waals surface area contributed by atoms with Crippen LogP contribution in [0.25, 0.3) is 0 Å². The maximum Gasteiger partial charge on any atom is 0.141 e. The van der Waals surface area contributed by atoms with Crippen LogP contribution < -0.4 is 0 Å². The van der Waals surface area contributed by atoms with Crippen molar-refractivity contribution < 1.29 is 4.39 Å². The number of halogens is 1. The molecule has 0 heterocycles. The summed E-state index contributed by atoms with van der Waals surface area (Å²) in [5, 5.41) is 8.41. The lowest BCUT2D eigenvalue weighted by Crippen LogP contribution is -1.86. The van der Waals surface area contributed by atoms with Gasteiger partial charge in [-0.15, -0.1) is 12.6 Å². The average molecular weight is 167 g/mol. The Bertz CT molecular complexity index is 328. The van der Waals surface area contributed by atoms with Gasteiger partial charge in [0.2, 0.25) is 0 Å². The number of hydrogen-bond acceptors (Lipinski definition) is 2. The van der Waals surface area contributed by atoms with E-state index in [4.69, 9.17) is 5.26 Å². The van der Waals surface area contributed by atoms with Crippen LogP contribution in [0.4, 0.5) is 4.39 Å². The third-order valence-corrected chi connectivity index (χ3v) is 1.89. The number of aryl methyl sites for hydroxylation is 1. The largest absolute Gasteiger partial charge is 0.206 e. The Morgan fingerprint density at radius 3 is 2.73 bits per heavy atom. The highest BCUT2D eigenvalue weighted by molar-refractivity contribution is 7.80. The Kier molecular flexibility index (Phi) is 2.16. The third-order valence-electron chi connectivity index (χ3n) is 1.41. The minimum Gasteiger partial charge on any atom is -0.206 e. The predicted molar refractivity (Wildman–Crippen MR) is 43.1 cm³/mol. The van der Waals surface area contributed by atoms with Crippen molar-refractivity contribution in [2.45, 2.75) is 11.8 Å². The van der Waals surface area contributed by atoms with Crippen molar-refractivity contribution in [1.82, 2.24) is 0 Å². The zero-order valence-corrected chi connectivity index (χ0v) is 6.82. The second-order valence-electron chi connectivity index (χ2n) is 2.23. The number of nitrogens with zero attached hydrogens (tertiary/aromatic N) is 1. The van der Waals surface area contributed by atoms with Gasteiger partial charge in [-0.05, 0) is 24.6 Å². The molecule has 11 heavy (non-hydrogen) atoms. The first-order valence-corrected chi connectivity index (χ1v) is 3.49. The first-order valence-electron chi connectivity index (χ1n) is 3.04. The lowest BCUT2D eigenvalue weighted by atomic mass is 10.1. The Morgan fingerprint density at radius 2 is 2.18 bits per heavy atom. The van der Waals surface area contributed by atoms with Crippen molar-refractivity contribution in [3.63, 3.8) is 0 Å². The number of thiol groups is 1. The molecule has 0 atom stereocenters. The molecule has 0 unspecified atom stereocenters. The number of nitriles is 1. The molecule has 0 aromatic heterocycles. The van der Waals surface area contributed by atoms with Crippen LogP contribution in [0.5, 0.6) is 0 Å². The Morgan fingerprint density at radius 1 is 1.55 bits per heavy atom. The van der Waals surface area contributed by atoms with E-state index >= 15 is 0 Å². The van der Waals surface area contributed by atoms with E-state index in [0.717, 1.165) is 5.56 Å². The zero-order chi connectivity index (χ0) is 8.43. The molecule has 0 spiro atoms. The number of benzene rings is 1. The van der Waals surface area contributed by atoms with Crippen molar-refractivity contribution >= 4 is 12.6 Å². The Balaban J connectivity index is 3.35. The summed E-state index contributed by atoms with van der Waals surface area (Å²) in [4.78, 5) is 0.642. The molecule has 0 N–H and O–H groups in total. The molecule has 0 radical (unpaired) electrons. The van der Waals surface area contributed by atoms with E-state index in [2.05, 4.69) is 12.6 Å². The van der Waals surface area contributed by atoms with Gasteiger partial charge < -0.3 is 0 Å². The minimum absolute atomic E-state index is 0.0422. The molecule has 1 nitrogen and oxygen atoms in total. The summed E-state index contributed by atoms with van der Waals surface area (Å²) in [7, 11) is 0. The SMILES string of the molecule is Cc1cc(F)c(C#N)cc1S. The summed E-state index contributed by atoms with van der Waals surface area (Å²) < 4.78 is 12.8. The first-order chi connectivity index (χ1) is 5.15. The summed E-state index contributed by atoms with van der Waals surface area (Å²) >= 11 is 4.05. The van der Waals surface area contributed by atoms with Crippen molar-refractivity contribution in [3.8, 4) is 6.07 Å². The second-order valence-corrected chi connectivity index (χ2v) is 2.71. The molecule has 1 rings (SSSR count). The molecule has 0 fully saturated rings. The molecule has 0 aliphatic heterocycles. The van der Waals surface area contributed by atoms with Gasteiger partial charge >= 0.3 is 0 Å². The summed E-state index contributed by atoms with van der Waals surface area (Å²) in [5.74, 6) is -0.484. The van der Waals surface area contributed by atoms with E-state index in [1.807, 2.05) is 0 Å². The average Bonchev–Trinajstić information content (AvgIpc) is 1.97. The van der Waals surface area contributed by atoms with Crippen molar-refractivity contribution in [2.24, 2.45) is 0 Å². The standard InChI is InChI=1S/C8H6FNS/c1-5-2-7(9)6(4-10)3-8(5)11/h2-3,11H,1H3. The molecular weight excluding hydrogens is 161 g/mol. The van der Waals surface area contributed by atoms with E-state index < -0.39 is 5.82 Å². The molecule has 0 saturated heterocycles. The van der Waals surface area contributed by atoms with Gasteiger partial charge in [0, 0.05) is 4.90 Å². The Hall–Kier alpha value is -1.01. The number of hydrogen-bond donors (Lipinski definition) is 1. The van der Waals surface area contributed by atoms with Gasteiger partial charge in [-0.25, -0.2) is 4.39 Å². The van der Waals surface area contributed by atoms with Gasteiger partial charge in [0.15, 0.2) is 0 Å². The van der Waals surface area contributed by atoms with E-state index in [1.54, 1.807) is 13.0 Å². The van der Waals surface area contributed by atoms with Crippen LogP contribution in [-0.4, -0.2) is 0 Å². The van der Waals surface area contributed by atoms with Crippen LogP contribution in [0.3, 0.4) is 0 Å². The van der Waals surface area contributed by atoms with Gasteiger partial charge in [-0.3, -0.25) is 0 Å². The van der Waals surface area contributed by atoms with E-state index in [1.165, 1.54) is 12.1 Å². The molecular formula is C8H6FNS. The Labute approximate surface area is 69.9 Å². The van der Waals surface area contributed by atoms with E-state index in [9.17, 15) is 4.39 Å². The van der Waals surface area contributed by atoms with Gasteiger partial charge in [0.05, 0.1) is 5.56 Å². The van der Waals surface area contributed by atoms with Gasteiger partial charge in [-0.2, -0.15) is 5.26 Å². The quantitative estimate of drug-likeness (QED) is 0.589. The van der Waals surface area contributed by atoms with Crippen LogP contribution in [0, 0.1) is 24.1 Å². The van der Waals surface area contributed by atoms with Crippen LogP contribution >= 0.6 is 12.6 Å². The summed E-state index contributed by atoms with van der Waals surface area (Å²) in [6.07, 6.45) is 0. The molecule has 1 aromatic carbocycles. The zero-order valence-electron chi connectivity index (χ0n) is 5.93. The maximum absolute atomic E-state index is 12.8. The van der Waals surface area contributed by atoms with Gasteiger partial charge in [-0.1, -0.05) is 0 Å².